The number of hydrogen-bond donors (Lipinski definition) is 0. The topological polar surface area (TPSA) is 38.8 Å². The Balaban J connectivity index is 2.03. The summed E-state index contributed by atoms with van der Waals surface area (Å²) in [6, 6.07) is 0. The zero-order chi connectivity index (χ0) is 12.1. The SMILES string of the molecule is CCOC(=O)/C=C1/CCC=C1N1CCOCC1. The van der Waals surface area contributed by atoms with Crippen LogP contribution in [-0.4, -0.2) is 43.8 Å². The van der Waals surface area contributed by atoms with Gasteiger partial charge in [0.25, 0.3) is 0 Å². The van der Waals surface area contributed by atoms with Crippen LogP contribution >= 0.6 is 0 Å². The van der Waals surface area contributed by atoms with E-state index in [0.717, 1.165) is 44.7 Å². The Morgan fingerprint density at radius 3 is 3.00 bits per heavy atom. The van der Waals surface area contributed by atoms with Crippen LogP contribution in [0, 0.1) is 0 Å². The Morgan fingerprint density at radius 1 is 1.53 bits per heavy atom. The first-order chi connectivity index (χ1) is 8.31. The van der Waals surface area contributed by atoms with Gasteiger partial charge in [0, 0.05) is 24.9 Å². The lowest BCUT2D eigenvalue weighted by Crippen LogP contribution is -2.35. The van der Waals surface area contributed by atoms with Crippen molar-refractivity contribution in [3.63, 3.8) is 0 Å². The Morgan fingerprint density at radius 2 is 2.29 bits per heavy atom. The Bertz CT molecular complexity index is 341. The van der Waals surface area contributed by atoms with Gasteiger partial charge in [-0.05, 0) is 25.3 Å². The lowest BCUT2D eigenvalue weighted by Gasteiger charge is -2.30. The predicted octanol–water partition coefficient (Wildman–Crippen LogP) is 1.49. The molecule has 1 heterocycles. The summed E-state index contributed by atoms with van der Waals surface area (Å²) < 4.78 is 10.3. The van der Waals surface area contributed by atoms with E-state index in [2.05, 4.69) is 11.0 Å². The van der Waals surface area contributed by atoms with Crippen LogP contribution in [-0.2, 0) is 14.3 Å². The van der Waals surface area contributed by atoms with E-state index in [4.69, 9.17) is 9.47 Å². The van der Waals surface area contributed by atoms with E-state index < -0.39 is 0 Å². The van der Waals surface area contributed by atoms with Gasteiger partial charge < -0.3 is 14.4 Å². The summed E-state index contributed by atoms with van der Waals surface area (Å²) in [6.45, 7) is 5.61. The largest absolute Gasteiger partial charge is 0.463 e. The van der Waals surface area contributed by atoms with Crippen molar-refractivity contribution >= 4 is 5.97 Å². The average Bonchev–Trinajstić information content (AvgIpc) is 2.78. The monoisotopic (exact) mass is 237 g/mol. The van der Waals surface area contributed by atoms with Crippen LogP contribution in [0.3, 0.4) is 0 Å². The molecule has 2 aliphatic rings. The molecule has 17 heavy (non-hydrogen) atoms. The summed E-state index contributed by atoms with van der Waals surface area (Å²) in [5.74, 6) is -0.233. The van der Waals surface area contributed by atoms with Gasteiger partial charge in [0.1, 0.15) is 0 Å². The molecule has 4 nitrogen and oxygen atoms in total. The molecular formula is C13H19NO3. The fourth-order valence-corrected chi connectivity index (χ4v) is 2.23. The first-order valence-corrected chi connectivity index (χ1v) is 6.22. The number of carbonyl (C=O) groups is 1. The fourth-order valence-electron chi connectivity index (χ4n) is 2.23. The lowest BCUT2D eigenvalue weighted by atomic mass is 10.1. The summed E-state index contributed by atoms with van der Waals surface area (Å²) in [6.07, 6.45) is 5.79. The van der Waals surface area contributed by atoms with Gasteiger partial charge in [0.05, 0.1) is 19.8 Å². The quantitative estimate of drug-likeness (QED) is 0.550. The molecule has 0 radical (unpaired) electrons. The number of nitrogens with zero attached hydrogens (tertiary/aromatic N) is 1. The van der Waals surface area contributed by atoms with Crippen molar-refractivity contribution in [1.82, 2.24) is 4.90 Å². The number of ether oxygens (including phenoxy) is 2. The van der Waals surface area contributed by atoms with E-state index in [1.54, 1.807) is 6.08 Å². The maximum atomic E-state index is 11.5. The smallest absolute Gasteiger partial charge is 0.331 e. The molecule has 0 unspecified atom stereocenters. The molecule has 4 heteroatoms. The molecule has 0 bridgehead atoms. The molecule has 0 aromatic heterocycles. The van der Waals surface area contributed by atoms with Crippen LogP contribution in [0.25, 0.3) is 0 Å². The van der Waals surface area contributed by atoms with Crippen molar-refractivity contribution in [2.24, 2.45) is 0 Å². The van der Waals surface area contributed by atoms with Crippen molar-refractivity contribution in [3.8, 4) is 0 Å². The normalized spacial score (nSPS) is 22.8. The van der Waals surface area contributed by atoms with Crippen molar-refractivity contribution in [2.75, 3.05) is 32.9 Å². The highest BCUT2D eigenvalue weighted by Gasteiger charge is 2.21. The average molecular weight is 237 g/mol. The summed E-state index contributed by atoms with van der Waals surface area (Å²) in [4.78, 5) is 13.8. The van der Waals surface area contributed by atoms with E-state index in [1.165, 1.54) is 5.70 Å². The first-order valence-electron chi connectivity index (χ1n) is 6.22. The van der Waals surface area contributed by atoms with Crippen LogP contribution in [0.1, 0.15) is 19.8 Å². The molecule has 0 atom stereocenters. The van der Waals surface area contributed by atoms with E-state index >= 15 is 0 Å². The Kier molecular flexibility index (Phi) is 4.20. The second-order valence-electron chi connectivity index (χ2n) is 4.15. The zero-order valence-corrected chi connectivity index (χ0v) is 10.3. The molecule has 2 rings (SSSR count). The highest BCUT2D eigenvalue weighted by atomic mass is 16.5. The number of esters is 1. The van der Waals surface area contributed by atoms with Crippen molar-refractivity contribution in [3.05, 3.63) is 23.4 Å². The number of rotatable bonds is 3. The van der Waals surface area contributed by atoms with E-state index in [9.17, 15) is 4.79 Å². The number of allylic oxidation sites excluding steroid dienone is 2. The first kappa shape index (κ1) is 12.2. The van der Waals surface area contributed by atoms with E-state index in [1.807, 2.05) is 6.92 Å². The minimum Gasteiger partial charge on any atom is -0.463 e. The molecule has 0 aromatic rings. The van der Waals surface area contributed by atoms with Gasteiger partial charge in [-0.15, -0.1) is 0 Å². The molecule has 94 valence electrons. The maximum Gasteiger partial charge on any atom is 0.331 e. The third kappa shape index (κ3) is 3.09. The molecule has 1 fully saturated rings. The van der Waals surface area contributed by atoms with Crippen LogP contribution in [0.5, 0.6) is 0 Å². The molecule has 0 spiro atoms. The molecule has 0 aromatic carbocycles. The number of carbonyl (C=O) groups excluding carboxylic acids is 1. The molecule has 0 saturated carbocycles. The van der Waals surface area contributed by atoms with E-state index in [-0.39, 0.29) is 5.97 Å². The van der Waals surface area contributed by atoms with Crippen molar-refractivity contribution in [2.45, 2.75) is 19.8 Å². The molecule has 0 N–H and O–H groups in total. The molecular weight excluding hydrogens is 218 g/mol. The Hall–Kier alpha value is -1.29. The van der Waals surface area contributed by atoms with Crippen LogP contribution in [0.2, 0.25) is 0 Å². The summed E-state index contributed by atoms with van der Waals surface area (Å²) >= 11 is 0. The van der Waals surface area contributed by atoms with Crippen LogP contribution in [0.15, 0.2) is 23.4 Å². The second-order valence-corrected chi connectivity index (χ2v) is 4.15. The zero-order valence-electron chi connectivity index (χ0n) is 10.3. The van der Waals surface area contributed by atoms with Gasteiger partial charge >= 0.3 is 5.97 Å². The predicted molar refractivity (Wildman–Crippen MR) is 64.4 cm³/mol. The minimum absolute atomic E-state index is 0.233. The van der Waals surface area contributed by atoms with Gasteiger partial charge in [-0.3, -0.25) is 0 Å². The molecule has 1 saturated heterocycles. The number of hydrogen-bond acceptors (Lipinski definition) is 4. The van der Waals surface area contributed by atoms with Gasteiger partial charge in [-0.25, -0.2) is 4.79 Å². The van der Waals surface area contributed by atoms with Crippen molar-refractivity contribution < 1.29 is 14.3 Å². The number of morpholine rings is 1. The minimum atomic E-state index is -0.233. The summed E-state index contributed by atoms with van der Waals surface area (Å²) in [5, 5.41) is 0. The fraction of sp³-hybridized carbons (Fsp3) is 0.615. The molecule has 1 aliphatic carbocycles. The summed E-state index contributed by atoms with van der Waals surface area (Å²) in [7, 11) is 0. The molecule has 1 aliphatic heterocycles. The van der Waals surface area contributed by atoms with Gasteiger partial charge in [-0.1, -0.05) is 6.08 Å². The van der Waals surface area contributed by atoms with E-state index in [0.29, 0.717) is 6.61 Å². The third-order valence-corrected chi connectivity index (χ3v) is 3.01. The highest BCUT2D eigenvalue weighted by Crippen LogP contribution is 2.28. The Labute approximate surface area is 102 Å². The van der Waals surface area contributed by atoms with Gasteiger partial charge in [0.2, 0.25) is 0 Å². The summed E-state index contributed by atoms with van der Waals surface area (Å²) in [5.41, 5.74) is 2.30. The standard InChI is InChI=1S/C13H19NO3/c1-2-17-13(15)10-11-4-3-5-12(11)14-6-8-16-9-7-14/h5,10H,2-4,6-9H2,1H3/b11-10-. The lowest BCUT2D eigenvalue weighted by molar-refractivity contribution is -0.137. The van der Waals surface area contributed by atoms with Gasteiger partial charge in [-0.2, -0.15) is 0 Å². The maximum absolute atomic E-state index is 11.5. The highest BCUT2D eigenvalue weighted by molar-refractivity contribution is 5.83. The molecule has 0 amide bonds. The second kappa shape index (κ2) is 5.87. The van der Waals surface area contributed by atoms with Crippen molar-refractivity contribution in [1.29, 1.82) is 0 Å². The van der Waals surface area contributed by atoms with Gasteiger partial charge in [0.15, 0.2) is 0 Å². The van der Waals surface area contributed by atoms with Crippen LogP contribution < -0.4 is 0 Å². The third-order valence-electron chi connectivity index (χ3n) is 3.01. The van der Waals surface area contributed by atoms with Crippen LogP contribution in [0.4, 0.5) is 0 Å².